The predicted octanol–water partition coefficient (Wildman–Crippen LogP) is 1.80. The number of likely N-dealkylation sites (N-methyl/N-ethyl adjacent to an activating group) is 1. The van der Waals surface area contributed by atoms with Gasteiger partial charge in [0.25, 0.3) is 11.8 Å². The zero-order chi connectivity index (χ0) is 19.3. The van der Waals surface area contributed by atoms with Crippen LogP contribution in [0.15, 0.2) is 53.4 Å². The van der Waals surface area contributed by atoms with Crippen LogP contribution in [0.5, 0.6) is 0 Å². The molecular weight excluding hydrogens is 384 g/mol. The largest absolute Gasteiger partial charge is 0.545 e. The second-order valence-electron chi connectivity index (χ2n) is 5.93. The quantitative estimate of drug-likeness (QED) is 0.570. The molecule has 2 aromatic rings. The Hall–Kier alpha value is -2.97. The van der Waals surface area contributed by atoms with Crippen molar-refractivity contribution in [2.75, 3.05) is 16.8 Å². The summed E-state index contributed by atoms with van der Waals surface area (Å²) in [5, 5.41) is 11.1. The Bertz CT molecular complexity index is 1080. The Morgan fingerprint density at radius 2 is 1.81 bits per heavy atom. The molecule has 1 saturated heterocycles. The van der Waals surface area contributed by atoms with E-state index < -0.39 is 11.9 Å². The molecule has 0 saturated carbocycles. The SMILES string of the molecule is CN1C(=O)C(=C2SC(=S)N(c3cccc(C(=O)[O-])c3)C2=O)c2ccccc21. The minimum atomic E-state index is -1.35. The Labute approximate surface area is 164 Å². The molecule has 0 radical (unpaired) electrons. The number of benzene rings is 2. The van der Waals surface area contributed by atoms with Gasteiger partial charge in [-0.05, 0) is 23.8 Å². The number of carboxylic acid groups (broad SMARTS) is 1. The Balaban J connectivity index is 1.83. The van der Waals surface area contributed by atoms with E-state index in [4.69, 9.17) is 12.2 Å². The topological polar surface area (TPSA) is 80.8 Å². The van der Waals surface area contributed by atoms with Crippen molar-refractivity contribution in [2.24, 2.45) is 0 Å². The number of aromatic carboxylic acids is 1. The summed E-state index contributed by atoms with van der Waals surface area (Å²) in [4.78, 5) is 39.9. The van der Waals surface area contributed by atoms with E-state index in [0.717, 1.165) is 17.4 Å². The van der Waals surface area contributed by atoms with Gasteiger partial charge >= 0.3 is 0 Å². The van der Waals surface area contributed by atoms with Crippen molar-refractivity contribution in [3.8, 4) is 0 Å². The van der Waals surface area contributed by atoms with Crippen LogP contribution < -0.4 is 14.9 Å². The number of hydrogen-bond acceptors (Lipinski definition) is 6. The van der Waals surface area contributed by atoms with Crippen LogP contribution in [0.25, 0.3) is 5.57 Å². The molecule has 6 nitrogen and oxygen atoms in total. The van der Waals surface area contributed by atoms with Crippen molar-refractivity contribution >= 4 is 63.0 Å². The minimum absolute atomic E-state index is 0.0591. The molecule has 0 spiro atoms. The maximum absolute atomic E-state index is 13.1. The summed E-state index contributed by atoms with van der Waals surface area (Å²) in [7, 11) is 1.65. The molecule has 27 heavy (non-hydrogen) atoms. The summed E-state index contributed by atoms with van der Waals surface area (Å²) in [6, 6.07) is 13.0. The third-order valence-corrected chi connectivity index (χ3v) is 5.76. The third kappa shape index (κ3) is 2.65. The van der Waals surface area contributed by atoms with Crippen molar-refractivity contribution in [3.63, 3.8) is 0 Å². The lowest BCUT2D eigenvalue weighted by Gasteiger charge is -2.16. The van der Waals surface area contributed by atoms with Crippen molar-refractivity contribution in [1.29, 1.82) is 0 Å². The Morgan fingerprint density at radius 1 is 1.07 bits per heavy atom. The Kier molecular flexibility index (Phi) is 4.09. The molecule has 0 aliphatic carbocycles. The number of hydrogen-bond donors (Lipinski definition) is 0. The van der Waals surface area contributed by atoms with Crippen LogP contribution in [0.4, 0.5) is 11.4 Å². The molecule has 134 valence electrons. The molecule has 4 rings (SSSR count). The van der Waals surface area contributed by atoms with Crippen LogP contribution in [-0.2, 0) is 9.59 Å². The number of amides is 2. The summed E-state index contributed by atoms with van der Waals surface area (Å²) in [6.07, 6.45) is 0. The van der Waals surface area contributed by atoms with E-state index in [0.29, 0.717) is 16.8 Å². The fraction of sp³-hybridized carbons (Fsp3) is 0.0526. The van der Waals surface area contributed by atoms with E-state index in [2.05, 4.69) is 0 Å². The fourth-order valence-electron chi connectivity index (χ4n) is 3.10. The molecule has 2 aliphatic heterocycles. The zero-order valence-electron chi connectivity index (χ0n) is 14.0. The van der Waals surface area contributed by atoms with E-state index in [9.17, 15) is 19.5 Å². The average molecular weight is 395 g/mol. The first-order valence-corrected chi connectivity index (χ1v) is 9.12. The first kappa shape index (κ1) is 17.4. The average Bonchev–Trinajstić information content (AvgIpc) is 3.08. The lowest BCUT2D eigenvalue weighted by Crippen LogP contribution is -2.29. The highest BCUT2D eigenvalue weighted by molar-refractivity contribution is 8.27. The molecule has 2 heterocycles. The van der Waals surface area contributed by atoms with Gasteiger partial charge in [-0.25, -0.2) is 0 Å². The third-order valence-electron chi connectivity index (χ3n) is 4.39. The highest BCUT2D eigenvalue weighted by atomic mass is 32.2. The number of nitrogens with zero attached hydrogens (tertiary/aromatic N) is 2. The molecule has 2 aromatic carbocycles. The predicted molar refractivity (Wildman–Crippen MR) is 105 cm³/mol. The molecule has 2 aliphatic rings. The number of thioether (sulfide) groups is 1. The second-order valence-corrected chi connectivity index (χ2v) is 7.58. The van der Waals surface area contributed by atoms with Gasteiger partial charge in [0.1, 0.15) is 0 Å². The van der Waals surface area contributed by atoms with Gasteiger partial charge in [-0.2, -0.15) is 0 Å². The van der Waals surface area contributed by atoms with Crippen LogP contribution >= 0.6 is 24.0 Å². The lowest BCUT2D eigenvalue weighted by molar-refractivity contribution is -0.255. The van der Waals surface area contributed by atoms with Crippen molar-refractivity contribution < 1.29 is 19.5 Å². The number of thiocarbonyl (C=S) groups is 1. The maximum atomic E-state index is 13.1. The number of carbonyl (C=O) groups is 3. The zero-order valence-corrected chi connectivity index (χ0v) is 15.6. The normalized spacial score (nSPS) is 19.1. The summed E-state index contributed by atoms with van der Waals surface area (Å²) < 4.78 is 0.234. The van der Waals surface area contributed by atoms with Crippen molar-refractivity contribution in [1.82, 2.24) is 0 Å². The van der Waals surface area contributed by atoms with Crippen LogP contribution in [-0.4, -0.2) is 29.2 Å². The molecule has 2 amide bonds. The number of carboxylic acids is 1. The first-order valence-electron chi connectivity index (χ1n) is 7.89. The molecule has 0 aromatic heterocycles. The number of para-hydroxylation sites is 1. The number of carbonyl (C=O) groups excluding carboxylic acids is 3. The van der Waals surface area contributed by atoms with E-state index in [1.807, 2.05) is 12.1 Å². The van der Waals surface area contributed by atoms with E-state index >= 15 is 0 Å². The van der Waals surface area contributed by atoms with Gasteiger partial charge in [-0.15, -0.1) is 0 Å². The van der Waals surface area contributed by atoms with E-state index in [-0.39, 0.29) is 20.7 Å². The highest BCUT2D eigenvalue weighted by Crippen LogP contribution is 2.45. The minimum Gasteiger partial charge on any atom is -0.545 e. The van der Waals surface area contributed by atoms with Gasteiger partial charge in [0.15, 0.2) is 4.32 Å². The number of rotatable bonds is 2. The molecule has 0 unspecified atom stereocenters. The molecule has 0 atom stereocenters. The molecule has 8 heteroatoms. The van der Waals surface area contributed by atoms with Crippen LogP contribution in [0, 0.1) is 0 Å². The summed E-state index contributed by atoms with van der Waals surface area (Å²) in [5.41, 5.74) is 1.97. The monoisotopic (exact) mass is 395 g/mol. The fourth-order valence-corrected chi connectivity index (χ4v) is 4.47. The number of anilines is 2. The second kappa shape index (κ2) is 6.33. The van der Waals surface area contributed by atoms with Gasteiger partial charge in [0, 0.05) is 12.6 Å². The van der Waals surface area contributed by atoms with Crippen LogP contribution in [0.1, 0.15) is 15.9 Å². The smallest absolute Gasteiger partial charge is 0.271 e. The first-order chi connectivity index (χ1) is 12.9. The van der Waals surface area contributed by atoms with Gasteiger partial charge < -0.3 is 14.8 Å². The van der Waals surface area contributed by atoms with Crippen molar-refractivity contribution in [2.45, 2.75) is 0 Å². The molecule has 0 N–H and O–H groups in total. The van der Waals surface area contributed by atoms with Crippen LogP contribution in [0.2, 0.25) is 0 Å². The standard InChI is InChI=1S/C19H12N2O4S2/c1-20-13-8-3-2-7-12(13)14(16(20)22)15-17(23)21(19(26)27-15)11-6-4-5-10(9-11)18(24)25/h2-9H,1H3,(H,24,25)/p-1. The summed E-state index contributed by atoms with van der Waals surface area (Å²) in [5.74, 6) is -2.07. The van der Waals surface area contributed by atoms with E-state index in [1.54, 1.807) is 25.2 Å². The summed E-state index contributed by atoms with van der Waals surface area (Å²) in [6.45, 7) is 0. The summed E-state index contributed by atoms with van der Waals surface area (Å²) >= 11 is 6.37. The highest BCUT2D eigenvalue weighted by Gasteiger charge is 2.41. The number of fused-ring (bicyclic) bond motifs is 1. The van der Waals surface area contributed by atoms with Crippen LogP contribution in [0.3, 0.4) is 0 Å². The van der Waals surface area contributed by atoms with Gasteiger partial charge in [0.2, 0.25) is 0 Å². The van der Waals surface area contributed by atoms with Gasteiger partial charge in [-0.1, -0.05) is 54.3 Å². The van der Waals surface area contributed by atoms with Gasteiger partial charge in [0.05, 0.1) is 27.8 Å². The lowest BCUT2D eigenvalue weighted by atomic mass is 10.1. The van der Waals surface area contributed by atoms with Crippen molar-refractivity contribution in [3.05, 3.63) is 64.6 Å². The van der Waals surface area contributed by atoms with Gasteiger partial charge in [-0.3, -0.25) is 14.5 Å². The van der Waals surface area contributed by atoms with E-state index in [1.165, 1.54) is 28.0 Å². The molecule has 0 bridgehead atoms. The Morgan fingerprint density at radius 3 is 2.56 bits per heavy atom. The maximum Gasteiger partial charge on any atom is 0.271 e. The molecular formula is C19H11N2O4S2-. The molecule has 1 fully saturated rings.